The number of nitrogens with zero attached hydrogens (tertiary/aromatic N) is 3. The van der Waals surface area contributed by atoms with Gasteiger partial charge in [-0.15, -0.1) is 0 Å². The predicted molar refractivity (Wildman–Crippen MR) is 59.5 cm³/mol. The van der Waals surface area contributed by atoms with Gasteiger partial charge in [-0.3, -0.25) is 0 Å². The topological polar surface area (TPSA) is 30.2 Å². The minimum absolute atomic E-state index is 0.0615. The zero-order chi connectivity index (χ0) is 10.2. The SMILES string of the molecule is CSC(C)(C)c1ccn2nccc2n1. The van der Waals surface area contributed by atoms with Crippen molar-refractivity contribution in [3.63, 3.8) is 0 Å². The summed E-state index contributed by atoms with van der Waals surface area (Å²) < 4.78 is 1.84. The van der Waals surface area contributed by atoms with E-state index in [0.717, 1.165) is 11.3 Å². The van der Waals surface area contributed by atoms with Crippen molar-refractivity contribution in [2.24, 2.45) is 0 Å². The summed E-state index contributed by atoms with van der Waals surface area (Å²) in [7, 11) is 0. The Bertz CT molecular complexity index is 447. The molecule has 4 heteroatoms. The maximum Gasteiger partial charge on any atom is 0.155 e. The second kappa shape index (κ2) is 3.28. The molecule has 0 atom stereocenters. The summed E-state index contributed by atoms with van der Waals surface area (Å²) in [5.41, 5.74) is 2.00. The van der Waals surface area contributed by atoms with Gasteiger partial charge in [0.25, 0.3) is 0 Å². The van der Waals surface area contributed by atoms with Crippen LogP contribution in [-0.2, 0) is 4.75 Å². The number of hydrogen-bond acceptors (Lipinski definition) is 3. The Labute approximate surface area is 87.5 Å². The van der Waals surface area contributed by atoms with Gasteiger partial charge >= 0.3 is 0 Å². The lowest BCUT2D eigenvalue weighted by atomic mass is 10.1. The van der Waals surface area contributed by atoms with E-state index in [1.807, 2.05) is 18.3 Å². The Morgan fingerprint density at radius 3 is 2.86 bits per heavy atom. The van der Waals surface area contributed by atoms with Crippen molar-refractivity contribution < 1.29 is 0 Å². The molecule has 0 amide bonds. The molecule has 0 aliphatic rings. The summed E-state index contributed by atoms with van der Waals surface area (Å²) in [6, 6.07) is 3.94. The second-order valence-electron chi connectivity index (χ2n) is 3.66. The van der Waals surface area contributed by atoms with E-state index in [1.165, 1.54) is 0 Å². The Balaban J connectivity index is 2.53. The fourth-order valence-corrected chi connectivity index (χ4v) is 1.58. The zero-order valence-electron chi connectivity index (χ0n) is 8.56. The van der Waals surface area contributed by atoms with Crippen molar-refractivity contribution in [3.05, 3.63) is 30.2 Å². The van der Waals surface area contributed by atoms with Gasteiger partial charge in [0.05, 0.1) is 16.6 Å². The highest BCUT2D eigenvalue weighted by Crippen LogP contribution is 2.31. The lowest BCUT2D eigenvalue weighted by molar-refractivity contribution is 0.743. The summed E-state index contributed by atoms with van der Waals surface area (Å²) in [4.78, 5) is 4.56. The fourth-order valence-electron chi connectivity index (χ4n) is 1.25. The second-order valence-corrected chi connectivity index (χ2v) is 5.09. The standard InChI is InChI=1S/C10H13N3S/c1-10(2,14-3)8-5-7-13-9(12-8)4-6-11-13/h4-7H,1-3H3. The quantitative estimate of drug-likeness (QED) is 0.757. The molecular weight excluding hydrogens is 194 g/mol. The molecule has 0 radical (unpaired) electrons. The number of fused-ring (bicyclic) bond motifs is 1. The first-order chi connectivity index (χ1) is 6.63. The van der Waals surface area contributed by atoms with Crippen molar-refractivity contribution >= 4 is 17.4 Å². The van der Waals surface area contributed by atoms with Crippen LogP contribution in [0.2, 0.25) is 0 Å². The normalized spacial score (nSPS) is 12.2. The lowest BCUT2D eigenvalue weighted by Crippen LogP contribution is -2.14. The van der Waals surface area contributed by atoms with Crippen molar-refractivity contribution in [1.29, 1.82) is 0 Å². The third kappa shape index (κ3) is 1.50. The van der Waals surface area contributed by atoms with E-state index >= 15 is 0 Å². The Morgan fingerprint density at radius 2 is 2.14 bits per heavy atom. The molecule has 0 saturated carbocycles. The van der Waals surface area contributed by atoms with Crippen molar-refractivity contribution in [2.45, 2.75) is 18.6 Å². The first-order valence-electron chi connectivity index (χ1n) is 4.49. The first-order valence-corrected chi connectivity index (χ1v) is 5.72. The molecule has 0 aliphatic carbocycles. The molecule has 2 aromatic rings. The van der Waals surface area contributed by atoms with E-state index in [0.29, 0.717) is 0 Å². The summed E-state index contributed by atoms with van der Waals surface area (Å²) >= 11 is 1.80. The largest absolute Gasteiger partial charge is 0.232 e. The molecule has 0 aliphatic heterocycles. The molecule has 2 heterocycles. The van der Waals surface area contributed by atoms with Crippen LogP contribution in [-0.4, -0.2) is 20.9 Å². The molecule has 2 rings (SSSR count). The van der Waals surface area contributed by atoms with Crippen molar-refractivity contribution in [3.8, 4) is 0 Å². The van der Waals surface area contributed by atoms with Crippen LogP contribution in [0.25, 0.3) is 5.65 Å². The summed E-state index contributed by atoms with van der Waals surface area (Å²) in [5.74, 6) is 0. The third-order valence-electron chi connectivity index (χ3n) is 2.39. The number of hydrogen-bond donors (Lipinski definition) is 0. The molecule has 0 unspecified atom stereocenters. The van der Waals surface area contributed by atoms with Crippen molar-refractivity contribution in [1.82, 2.24) is 14.6 Å². The maximum absolute atomic E-state index is 4.56. The van der Waals surface area contributed by atoms with Gasteiger partial charge in [0.2, 0.25) is 0 Å². The van der Waals surface area contributed by atoms with Gasteiger partial charge in [-0.1, -0.05) is 0 Å². The van der Waals surface area contributed by atoms with Crippen LogP contribution in [0.1, 0.15) is 19.5 Å². The molecule has 0 saturated heterocycles. The van der Waals surface area contributed by atoms with Gasteiger partial charge < -0.3 is 0 Å². The highest BCUT2D eigenvalue weighted by Gasteiger charge is 2.20. The molecule has 0 spiro atoms. The molecule has 0 bridgehead atoms. The summed E-state index contributed by atoms with van der Waals surface area (Å²) in [6.45, 7) is 4.35. The smallest absolute Gasteiger partial charge is 0.155 e. The highest BCUT2D eigenvalue weighted by molar-refractivity contribution is 7.99. The summed E-state index contributed by atoms with van der Waals surface area (Å²) in [5, 5.41) is 4.12. The van der Waals surface area contributed by atoms with Crippen LogP contribution >= 0.6 is 11.8 Å². The lowest BCUT2D eigenvalue weighted by Gasteiger charge is -2.20. The van der Waals surface area contributed by atoms with Crippen LogP contribution in [0.4, 0.5) is 0 Å². The van der Waals surface area contributed by atoms with Crippen LogP contribution in [0.15, 0.2) is 24.5 Å². The van der Waals surface area contributed by atoms with E-state index in [4.69, 9.17) is 0 Å². The van der Waals surface area contributed by atoms with Crippen LogP contribution in [0.5, 0.6) is 0 Å². The molecule has 0 fully saturated rings. The van der Waals surface area contributed by atoms with Crippen LogP contribution in [0.3, 0.4) is 0 Å². The van der Waals surface area contributed by atoms with Gasteiger partial charge in [0.15, 0.2) is 5.65 Å². The molecule has 74 valence electrons. The summed E-state index contributed by atoms with van der Waals surface area (Å²) in [6.07, 6.45) is 5.82. The van der Waals surface area contributed by atoms with Crippen molar-refractivity contribution in [2.75, 3.05) is 6.26 Å². The molecule has 2 aromatic heterocycles. The van der Waals surface area contributed by atoms with E-state index in [1.54, 1.807) is 22.5 Å². The number of rotatable bonds is 2. The van der Waals surface area contributed by atoms with Gasteiger partial charge in [-0.2, -0.15) is 16.9 Å². The Kier molecular flexibility index (Phi) is 2.23. The van der Waals surface area contributed by atoms with Crippen LogP contribution < -0.4 is 0 Å². The van der Waals surface area contributed by atoms with E-state index < -0.39 is 0 Å². The molecule has 0 aromatic carbocycles. The molecule has 14 heavy (non-hydrogen) atoms. The maximum atomic E-state index is 4.56. The molecule has 0 N–H and O–H groups in total. The monoisotopic (exact) mass is 207 g/mol. The first kappa shape index (κ1) is 9.52. The predicted octanol–water partition coefficient (Wildman–Crippen LogP) is 2.33. The highest BCUT2D eigenvalue weighted by atomic mass is 32.2. The van der Waals surface area contributed by atoms with Crippen LogP contribution in [0, 0.1) is 0 Å². The fraction of sp³-hybridized carbons (Fsp3) is 0.400. The average Bonchev–Trinajstić information content (AvgIpc) is 2.64. The zero-order valence-corrected chi connectivity index (χ0v) is 9.38. The van der Waals surface area contributed by atoms with E-state index in [-0.39, 0.29) is 4.75 Å². The Morgan fingerprint density at radius 1 is 1.36 bits per heavy atom. The van der Waals surface area contributed by atoms with Gasteiger partial charge in [0.1, 0.15) is 0 Å². The minimum Gasteiger partial charge on any atom is -0.232 e. The average molecular weight is 207 g/mol. The van der Waals surface area contributed by atoms with E-state index in [9.17, 15) is 0 Å². The van der Waals surface area contributed by atoms with Gasteiger partial charge in [-0.05, 0) is 26.2 Å². The molecule has 3 nitrogen and oxygen atoms in total. The minimum atomic E-state index is 0.0615. The molecular formula is C10H13N3S. The Hall–Kier alpha value is -1.03. The number of thioether (sulfide) groups is 1. The van der Waals surface area contributed by atoms with E-state index in [2.05, 4.69) is 30.2 Å². The van der Waals surface area contributed by atoms with Gasteiger partial charge in [-0.25, -0.2) is 9.50 Å². The number of aromatic nitrogens is 3. The van der Waals surface area contributed by atoms with Gasteiger partial charge in [0, 0.05) is 12.3 Å². The third-order valence-corrected chi connectivity index (χ3v) is 3.61.